The second kappa shape index (κ2) is 4.48. The number of hydrogen-bond acceptors (Lipinski definition) is 2. The number of nitrogens with one attached hydrogen (secondary N) is 1. The predicted octanol–water partition coefficient (Wildman–Crippen LogP) is 1.38. The van der Waals surface area contributed by atoms with Crippen molar-refractivity contribution in [1.29, 1.82) is 0 Å². The van der Waals surface area contributed by atoms with Crippen LogP contribution < -0.4 is 11.1 Å². The van der Waals surface area contributed by atoms with Crippen molar-refractivity contribution in [3.8, 4) is 0 Å². The Hall–Kier alpha value is -0.770. The quantitative estimate of drug-likeness (QED) is 0.515. The molecular weight excluding hydrogens is 214 g/mol. The van der Waals surface area contributed by atoms with Crippen LogP contribution in [0.25, 0.3) is 0 Å². The standard InChI is InChI=1S/C13H25N3O/c1-12(2)7-4-8-13(12,17)9-15-11(14)16-10-5-3-6-10/h10,17H,3-9H2,1-2H3,(H3,14,15,16). The molecule has 0 aliphatic heterocycles. The number of nitrogens with zero attached hydrogens (tertiary/aromatic N) is 1. The van der Waals surface area contributed by atoms with Gasteiger partial charge in [0.25, 0.3) is 0 Å². The summed E-state index contributed by atoms with van der Waals surface area (Å²) >= 11 is 0. The highest BCUT2D eigenvalue weighted by Crippen LogP contribution is 2.45. The Kier molecular flexibility index (Phi) is 3.34. The molecule has 2 aliphatic carbocycles. The summed E-state index contributed by atoms with van der Waals surface area (Å²) in [5, 5.41) is 13.8. The molecule has 0 spiro atoms. The molecule has 0 bridgehead atoms. The Morgan fingerprint density at radius 3 is 2.53 bits per heavy atom. The summed E-state index contributed by atoms with van der Waals surface area (Å²) in [5.74, 6) is 0.492. The topological polar surface area (TPSA) is 70.6 Å². The van der Waals surface area contributed by atoms with Gasteiger partial charge in [0.2, 0.25) is 0 Å². The molecule has 98 valence electrons. The van der Waals surface area contributed by atoms with Crippen molar-refractivity contribution in [3.63, 3.8) is 0 Å². The van der Waals surface area contributed by atoms with Crippen LogP contribution in [0.3, 0.4) is 0 Å². The zero-order valence-electron chi connectivity index (χ0n) is 11.0. The number of guanidine groups is 1. The lowest BCUT2D eigenvalue weighted by molar-refractivity contribution is -0.0335. The molecule has 4 nitrogen and oxygen atoms in total. The van der Waals surface area contributed by atoms with Crippen LogP contribution in [0.4, 0.5) is 0 Å². The number of nitrogens with two attached hydrogens (primary N) is 1. The van der Waals surface area contributed by atoms with Crippen LogP contribution in [0.1, 0.15) is 52.4 Å². The molecule has 0 saturated heterocycles. The van der Waals surface area contributed by atoms with Gasteiger partial charge in [-0.05, 0) is 43.9 Å². The summed E-state index contributed by atoms with van der Waals surface area (Å²) in [6.45, 7) is 4.65. The van der Waals surface area contributed by atoms with Crippen molar-refractivity contribution in [1.82, 2.24) is 5.32 Å². The van der Waals surface area contributed by atoms with Gasteiger partial charge in [-0.1, -0.05) is 13.8 Å². The van der Waals surface area contributed by atoms with Crippen molar-refractivity contribution in [3.05, 3.63) is 0 Å². The Labute approximate surface area is 104 Å². The Balaban J connectivity index is 1.89. The molecule has 2 aliphatic rings. The van der Waals surface area contributed by atoms with Crippen LogP contribution in [0.5, 0.6) is 0 Å². The van der Waals surface area contributed by atoms with Crippen molar-refractivity contribution in [2.45, 2.75) is 64.0 Å². The minimum Gasteiger partial charge on any atom is -0.387 e. The maximum absolute atomic E-state index is 10.6. The van der Waals surface area contributed by atoms with E-state index in [0.29, 0.717) is 18.5 Å². The number of aliphatic hydroxyl groups is 1. The van der Waals surface area contributed by atoms with Crippen molar-refractivity contribution < 1.29 is 5.11 Å². The van der Waals surface area contributed by atoms with E-state index in [1.54, 1.807) is 0 Å². The van der Waals surface area contributed by atoms with E-state index < -0.39 is 5.60 Å². The lowest BCUT2D eigenvalue weighted by atomic mass is 9.78. The Morgan fingerprint density at radius 2 is 2.06 bits per heavy atom. The highest BCUT2D eigenvalue weighted by molar-refractivity contribution is 5.78. The molecule has 0 aromatic carbocycles. The van der Waals surface area contributed by atoms with E-state index in [-0.39, 0.29) is 5.41 Å². The van der Waals surface area contributed by atoms with Gasteiger partial charge in [-0.2, -0.15) is 0 Å². The van der Waals surface area contributed by atoms with Gasteiger partial charge >= 0.3 is 0 Å². The van der Waals surface area contributed by atoms with E-state index in [2.05, 4.69) is 24.2 Å². The summed E-state index contributed by atoms with van der Waals surface area (Å²) in [4.78, 5) is 4.33. The highest BCUT2D eigenvalue weighted by Gasteiger charge is 2.47. The number of hydrogen-bond donors (Lipinski definition) is 3. The van der Waals surface area contributed by atoms with Crippen molar-refractivity contribution in [2.75, 3.05) is 6.54 Å². The van der Waals surface area contributed by atoms with Gasteiger partial charge in [-0.25, -0.2) is 0 Å². The lowest BCUT2D eigenvalue weighted by Gasteiger charge is -2.35. The second-order valence-corrected chi connectivity index (χ2v) is 6.24. The van der Waals surface area contributed by atoms with Gasteiger partial charge in [-0.3, -0.25) is 4.99 Å². The maximum atomic E-state index is 10.6. The van der Waals surface area contributed by atoms with E-state index in [1.165, 1.54) is 19.3 Å². The molecular formula is C13H25N3O. The molecule has 0 heterocycles. The van der Waals surface area contributed by atoms with Gasteiger partial charge in [0, 0.05) is 6.04 Å². The summed E-state index contributed by atoms with van der Waals surface area (Å²) in [6, 6.07) is 0.505. The molecule has 1 unspecified atom stereocenters. The largest absolute Gasteiger partial charge is 0.387 e. The third-order valence-corrected chi connectivity index (χ3v) is 4.62. The molecule has 17 heavy (non-hydrogen) atoms. The Morgan fingerprint density at radius 1 is 1.35 bits per heavy atom. The zero-order chi connectivity index (χ0) is 12.5. The maximum Gasteiger partial charge on any atom is 0.188 e. The minimum absolute atomic E-state index is 0.0484. The van der Waals surface area contributed by atoms with Gasteiger partial charge in [-0.15, -0.1) is 0 Å². The van der Waals surface area contributed by atoms with E-state index in [4.69, 9.17) is 5.73 Å². The second-order valence-electron chi connectivity index (χ2n) is 6.24. The molecule has 0 aromatic rings. The van der Waals surface area contributed by atoms with Gasteiger partial charge < -0.3 is 16.2 Å². The summed E-state index contributed by atoms with van der Waals surface area (Å²) in [6.07, 6.45) is 6.63. The monoisotopic (exact) mass is 239 g/mol. The molecule has 2 rings (SSSR count). The normalized spacial score (nSPS) is 33.5. The van der Waals surface area contributed by atoms with E-state index >= 15 is 0 Å². The van der Waals surface area contributed by atoms with Gasteiger partial charge in [0.05, 0.1) is 12.1 Å². The molecule has 0 radical (unpaired) electrons. The summed E-state index contributed by atoms with van der Waals surface area (Å²) in [5.41, 5.74) is 5.11. The molecule has 0 aromatic heterocycles. The molecule has 1 atom stereocenters. The average Bonchev–Trinajstić information content (AvgIpc) is 2.45. The Bertz CT molecular complexity index is 310. The summed E-state index contributed by atoms with van der Waals surface area (Å²) in [7, 11) is 0. The smallest absolute Gasteiger partial charge is 0.188 e. The zero-order valence-corrected chi connectivity index (χ0v) is 11.0. The molecule has 4 heteroatoms. The molecule has 0 amide bonds. The first kappa shape index (κ1) is 12.7. The van der Waals surface area contributed by atoms with Crippen molar-refractivity contribution >= 4 is 5.96 Å². The fraction of sp³-hybridized carbons (Fsp3) is 0.923. The third-order valence-electron chi connectivity index (χ3n) is 4.62. The first-order chi connectivity index (χ1) is 7.93. The highest BCUT2D eigenvalue weighted by atomic mass is 16.3. The van der Waals surface area contributed by atoms with Gasteiger partial charge in [0.15, 0.2) is 5.96 Å². The molecule has 2 fully saturated rings. The van der Waals surface area contributed by atoms with Crippen LogP contribution in [0, 0.1) is 5.41 Å². The van der Waals surface area contributed by atoms with Gasteiger partial charge in [0.1, 0.15) is 0 Å². The van der Waals surface area contributed by atoms with Crippen LogP contribution in [-0.4, -0.2) is 29.3 Å². The summed E-state index contributed by atoms with van der Waals surface area (Å²) < 4.78 is 0. The fourth-order valence-electron chi connectivity index (χ4n) is 2.71. The van der Waals surface area contributed by atoms with Crippen LogP contribution in [-0.2, 0) is 0 Å². The minimum atomic E-state index is -0.682. The van der Waals surface area contributed by atoms with E-state index in [0.717, 1.165) is 19.3 Å². The fourth-order valence-corrected chi connectivity index (χ4v) is 2.71. The SMILES string of the molecule is CC1(C)CCCC1(O)CN=C(N)NC1CCC1. The van der Waals surface area contributed by atoms with Crippen LogP contribution in [0.15, 0.2) is 4.99 Å². The van der Waals surface area contributed by atoms with Crippen LogP contribution >= 0.6 is 0 Å². The first-order valence-corrected chi connectivity index (χ1v) is 6.72. The van der Waals surface area contributed by atoms with E-state index in [1.807, 2.05) is 0 Å². The predicted molar refractivity (Wildman–Crippen MR) is 69.8 cm³/mol. The number of rotatable bonds is 3. The molecule has 2 saturated carbocycles. The van der Waals surface area contributed by atoms with E-state index in [9.17, 15) is 5.11 Å². The third kappa shape index (κ3) is 2.57. The lowest BCUT2D eigenvalue weighted by Crippen LogP contribution is -2.46. The van der Waals surface area contributed by atoms with Crippen molar-refractivity contribution in [2.24, 2.45) is 16.1 Å². The average molecular weight is 239 g/mol. The molecule has 4 N–H and O–H groups in total. The first-order valence-electron chi connectivity index (χ1n) is 6.72. The van der Waals surface area contributed by atoms with Crippen LogP contribution in [0.2, 0.25) is 0 Å². The number of aliphatic imine (C=N–C) groups is 1.